The van der Waals surface area contributed by atoms with Crippen LogP contribution in [0.3, 0.4) is 0 Å². The van der Waals surface area contributed by atoms with Crippen molar-refractivity contribution in [1.29, 1.82) is 0 Å². The summed E-state index contributed by atoms with van der Waals surface area (Å²) in [5.41, 5.74) is 6.84. The van der Waals surface area contributed by atoms with Crippen LogP contribution < -0.4 is 0 Å². The van der Waals surface area contributed by atoms with Crippen molar-refractivity contribution in [2.45, 2.75) is 79.1 Å². The first kappa shape index (κ1) is 23.8. The van der Waals surface area contributed by atoms with Crippen LogP contribution in [-0.2, 0) is 10.8 Å². The summed E-state index contributed by atoms with van der Waals surface area (Å²) in [6, 6.07) is 8.12. The average Bonchev–Trinajstić information content (AvgIpc) is 2.58. The van der Waals surface area contributed by atoms with Crippen molar-refractivity contribution in [3.8, 4) is 11.5 Å². The van der Waals surface area contributed by atoms with E-state index in [4.69, 9.17) is 0 Å². The Balaban J connectivity index is 2.85. The van der Waals surface area contributed by atoms with Gasteiger partial charge in [-0.05, 0) is 59.1 Å². The second kappa shape index (κ2) is 7.98. The van der Waals surface area contributed by atoms with Crippen LogP contribution in [0.4, 0.5) is 0 Å². The highest BCUT2D eigenvalue weighted by molar-refractivity contribution is 5.75. The Labute approximate surface area is 183 Å². The summed E-state index contributed by atoms with van der Waals surface area (Å²) in [5, 5.41) is 22.4. The van der Waals surface area contributed by atoms with Crippen molar-refractivity contribution < 1.29 is 10.2 Å². The topological polar surface area (TPSA) is 40.5 Å². The highest BCUT2D eigenvalue weighted by Gasteiger charge is 2.28. The Morgan fingerprint density at radius 3 is 1.73 bits per heavy atom. The standard InChI is InChI=1S/C28H38O2/c1-16(2)19-12-21(17(3)4)25(29)22(13-19)18(5)23-14-20(27(6,7)8)15-24(26(23)30)28(9,10)11/h12-15,18,29-30H,1,3H2,2,4-11H3. The van der Waals surface area contributed by atoms with Crippen molar-refractivity contribution in [3.05, 3.63) is 70.8 Å². The average molecular weight is 407 g/mol. The van der Waals surface area contributed by atoms with Crippen molar-refractivity contribution in [3.63, 3.8) is 0 Å². The summed E-state index contributed by atoms with van der Waals surface area (Å²) >= 11 is 0. The molecule has 2 aromatic carbocycles. The van der Waals surface area contributed by atoms with Crippen LogP contribution in [0.15, 0.2) is 37.4 Å². The minimum Gasteiger partial charge on any atom is -0.507 e. The summed E-state index contributed by atoms with van der Waals surface area (Å²) in [5.74, 6) is 0.323. The normalized spacial score (nSPS) is 13.2. The van der Waals surface area contributed by atoms with E-state index in [9.17, 15) is 10.2 Å². The van der Waals surface area contributed by atoms with E-state index in [0.717, 1.165) is 39.0 Å². The molecule has 0 spiro atoms. The molecule has 0 saturated heterocycles. The zero-order valence-electron chi connectivity index (χ0n) is 20.2. The molecule has 0 aliphatic heterocycles. The van der Waals surface area contributed by atoms with Crippen LogP contribution >= 0.6 is 0 Å². The van der Waals surface area contributed by atoms with Gasteiger partial charge in [-0.3, -0.25) is 0 Å². The van der Waals surface area contributed by atoms with E-state index in [0.29, 0.717) is 5.75 Å². The Morgan fingerprint density at radius 2 is 1.30 bits per heavy atom. The van der Waals surface area contributed by atoms with Crippen LogP contribution in [0, 0.1) is 0 Å². The van der Waals surface area contributed by atoms with E-state index in [-0.39, 0.29) is 22.5 Å². The molecule has 0 heterocycles. The fourth-order valence-electron chi connectivity index (χ4n) is 3.72. The molecule has 0 radical (unpaired) electrons. The molecule has 2 aromatic rings. The number of phenolic OH excluding ortho intramolecular Hbond substituents is 2. The maximum atomic E-state index is 11.3. The summed E-state index contributed by atoms with van der Waals surface area (Å²) in [7, 11) is 0. The van der Waals surface area contributed by atoms with Crippen LogP contribution in [-0.4, -0.2) is 10.2 Å². The summed E-state index contributed by atoms with van der Waals surface area (Å²) in [6.45, 7) is 26.9. The molecule has 2 heteroatoms. The predicted molar refractivity (Wildman–Crippen MR) is 131 cm³/mol. The Kier molecular flexibility index (Phi) is 6.33. The van der Waals surface area contributed by atoms with E-state index >= 15 is 0 Å². The molecule has 2 nitrogen and oxygen atoms in total. The van der Waals surface area contributed by atoms with E-state index < -0.39 is 0 Å². The third-order valence-electron chi connectivity index (χ3n) is 5.84. The van der Waals surface area contributed by atoms with Crippen molar-refractivity contribution in [2.75, 3.05) is 0 Å². The van der Waals surface area contributed by atoms with Gasteiger partial charge in [0.1, 0.15) is 11.5 Å². The van der Waals surface area contributed by atoms with Crippen LogP contribution in [0.5, 0.6) is 11.5 Å². The van der Waals surface area contributed by atoms with Gasteiger partial charge in [0, 0.05) is 22.6 Å². The van der Waals surface area contributed by atoms with Gasteiger partial charge in [-0.25, -0.2) is 0 Å². The van der Waals surface area contributed by atoms with Gasteiger partial charge in [0.25, 0.3) is 0 Å². The van der Waals surface area contributed by atoms with Crippen LogP contribution in [0.1, 0.15) is 102 Å². The van der Waals surface area contributed by atoms with Crippen molar-refractivity contribution in [1.82, 2.24) is 0 Å². The summed E-state index contributed by atoms with van der Waals surface area (Å²) < 4.78 is 0. The van der Waals surface area contributed by atoms with Crippen LogP contribution in [0.25, 0.3) is 11.1 Å². The fourth-order valence-corrected chi connectivity index (χ4v) is 3.72. The second-order valence-corrected chi connectivity index (χ2v) is 10.7. The SMILES string of the molecule is C=C(C)c1cc(C(=C)C)c(O)c(C(C)c2cc(C(C)(C)C)cc(C(C)(C)C)c2O)c1. The number of allylic oxidation sites excluding steroid dienone is 2. The largest absolute Gasteiger partial charge is 0.507 e. The van der Waals surface area contributed by atoms with Gasteiger partial charge >= 0.3 is 0 Å². The molecule has 30 heavy (non-hydrogen) atoms. The highest BCUT2D eigenvalue weighted by atomic mass is 16.3. The van der Waals surface area contributed by atoms with Crippen molar-refractivity contribution in [2.24, 2.45) is 0 Å². The molecule has 0 aliphatic carbocycles. The minimum absolute atomic E-state index is 0.0629. The Bertz CT molecular complexity index is 995. The van der Waals surface area contributed by atoms with E-state index in [1.165, 1.54) is 5.56 Å². The maximum absolute atomic E-state index is 11.3. The van der Waals surface area contributed by atoms with E-state index in [1.54, 1.807) is 0 Å². The fraction of sp³-hybridized carbons (Fsp3) is 0.429. The molecular formula is C28H38O2. The molecule has 0 amide bonds. The molecule has 1 unspecified atom stereocenters. The number of rotatable bonds is 4. The molecular weight excluding hydrogens is 368 g/mol. The molecule has 1 atom stereocenters. The van der Waals surface area contributed by atoms with Gasteiger partial charge in [0.15, 0.2) is 0 Å². The molecule has 0 aromatic heterocycles. The Hall–Kier alpha value is -2.48. The van der Waals surface area contributed by atoms with Gasteiger partial charge in [0.2, 0.25) is 0 Å². The van der Waals surface area contributed by atoms with Gasteiger partial charge in [-0.15, -0.1) is 0 Å². The third kappa shape index (κ3) is 4.64. The first-order chi connectivity index (χ1) is 13.6. The lowest BCUT2D eigenvalue weighted by Crippen LogP contribution is -2.18. The third-order valence-corrected chi connectivity index (χ3v) is 5.84. The summed E-state index contributed by atoms with van der Waals surface area (Å²) in [4.78, 5) is 0. The molecule has 0 saturated carbocycles. The van der Waals surface area contributed by atoms with Gasteiger partial charge in [0.05, 0.1) is 0 Å². The monoisotopic (exact) mass is 406 g/mol. The Morgan fingerprint density at radius 1 is 0.767 bits per heavy atom. The zero-order valence-corrected chi connectivity index (χ0v) is 20.2. The van der Waals surface area contributed by atoms with Crippen LogP contribution in [0.2, 0.25) is 0 Å². The first-order valence-corrected chi connectivity index (χ1v) is 10.6. The second-order valence-electron chi connectivity index (χ2n) is 10.7. The van der Waals surface area contributed by atoms with Gasteiger partial charge < -0.3 is 10.2 Å². The lowest BCUT2D eigenvalue weighted by molar-refractivity contribution is 0.434. The smallest absolute Gasteiger partial charge is 0.126 e. The lowest BCUT2D eigenvalue weighted by atomic mass is 9.76. The number of hydrogen-bond acceptors (Lipinski definition) is 2. The van der Waals surface area contributed by atoms with Crippen molar-refractivity contribution >= 4 is 11.1 Å². The van der Waals surface area contributed by atoms with E-state index in [1.807, 2.05) is 32.9 Å². The molecule has 2 N–H and O–H groups in total. The maximum Gasteiger partial charge on any atom is 0.126 e. The zero-order chi connectivity index (χ0) is 23.2. The number of phenols is 2. The predicted octanol–water partition coefficient (Wildman–Crippen LogP) is 7.91. The summed E-state index contributed by atoms with van der Waals surface area (Å²) in [6.07, 6.45) is 0. The molecule has 0 aliphatic rings. The number of aromatic hydroxyl groups is 2. The van der Waals surface area contributed by atoms with E-state index in [2.05, 4.69) is 66.8 Å². The molecule has 2 rings (SSSR count). The number of benzene rings is 2. The first-order valence-electron chi connectivity index (χ1n) is 10.6. The molecule has 0 fully saturated rings. The minimum atomic E-state index is -0.204. The lowest BCUT2D eigenvalue weighted by Gasteiger charge is -2.29. The molecule has 0 bridgehead atoms. The number of hydrogen-bond donors (Lipinski definition) is 2. The quantitative estimate of drug-likeness (QED) is 0.541. The van der Waals surface area contributed by atoms with Gasteiger partial charge in [-0.2, -0.15) is 0 Å². The highest BCUT2D eigenvalue weighted by Crippen LogP contribution is 2.45. The van der Waals surface area contributed by atoms with Gasteiger partial charge in [-0.1, -0.05) is 79.3 Å². The molecule has 162 valence electrons.